The topological polar surface area (TPSA) is 41.5 Å². The van der Waals surface area contributed by atoms with Crippen molar-refractivity contribution in [3.8, 4) is 0 Å². The molecule has 0 saturated carbocycles. The molecular formula is C12H16BrNO2. The smallest absolute Gasteiger partial charge is 0.0636 e. The Hall–Kier alpha value is -0.580. The molecule has 4 heteroatoms. The lowest BCUT2D eigenvalue weighted by molar-refractivity contribution is 0.170. The minimum atomic E-state index is 0.0867. The number of benzene rings is 1. The van der Waals surface area contributed by atoms with Gasteiger partial charge in [-0.1, -0.05) is 15.9 Å². The number of aliphatic hydroxyl groups is 1. The number of halogens is 1. The summed E-state index contributed by atoms with van der Waals surface area (Å²) in [6.45, 7) is 1.70. The van der Waals surface area contributed by atoms with Crippen LogP contribution in [0.1, 0.15) is 6.42 Å². The summed E-state index contributed by atoms with van der Waals surface area (Å²) >= 11 is 3.40. The third-order valence-corrected chi connectivity index (χ3v) is 3.46. The van der Waals surface area contributed by atoms with E-state index in [1.165, 1.54) is 0 Å². The molecule has 0 aromatic heterocycles. The van der Waals surface area contributed by atoms with Crippen molar-refractivity contribution in [3.05, 3.63) is 28.7 Å². The molecule has 1 aromatic carbocycles. The molecule has 1 heterocycles. The number of hydrogen-bond donors (Lipinski definition) is 2. The normalized spacial score (nSPS) is 22.0. The van der Waals surface area contributed by atoms with E-state index in [9.17, 15) is 5.11 Å². The molecule has 2 atom stereocenters. The van der Waals surface area contributed by atoms with Crippen LogP contribution in [0.5, 0.6) is 0 Å². The summed E-state index contributed by atoms with van der Waals surface area (Å²) in [7, 11) is 0. The Balaban J connectivity index is 1.97. The number of aliphatic hydroxyl groups excluding tert-OH is 1. The third kappa shape index (κ3) is 2.97. The number of rotatable bonds is 4. The minimum absolute atomic E-state index is 0.0867. The van der Waals surface area contributed by atoms with Gasteiger partial charge in [-0.3, -0.25) is 0 Å². The van der Waals surface area contributed by atoms with Gasteiger partial charge in [-0.2, -0.15) is 0 Å². The minimum Gasteiger partial charge on any atom is -0.394 e. The van der Waals surface area contributed by atoms with Crippen molar-refractivity contribution < 1.29 is 9.84 Å². The Labute approximate surface area is 104 Å². The number of ether oxygens (including phenoxy) is 1. The first-order valence-electron chi connectivity index (χ1n) is 5.50. The molecule has 0 spiro atoms. The SMILES string of the molecule is OCC(Nc1ccc(Br)cc1)C1CCOC1. The van der Waals surface area contributed by atoms with Crippen molar-refractivity contribution in [2.75, 3.05) is 25.1 Å². The first-order valence-corrected chi connectivity index (χ1v) is 6.29. The molecule has 0 amide bonds. The Kier molecular flexibility index (Phi) is 4.21. The third-order valence-electron chi connectivity index (χ3n) is 2.93. The fourth-order valence-corrected chi connectivity index (χ4v) is 2.21. The molecule has 16 heavy (non-hydrogen) atoms. The molecule has 3 nitrogen and oxygen atoms in total. The number of anilines is 1. The van der Waals surface area contributed by atoms with E-state index < -0.39 is 0 Å². The zero-order valence-electron chi connectivity index (χ0n) is 9.03. The number of hydrogen-bond acceptors (Lipinski definition) is 3. The van der Waals surface area contributed by atoms with Crippen LogP contribution in [0.15, 0.2) is 28.7 Å². The van der Waals surface area contributed by atoms with Gasteiger partial charge in [-0.25, -0.2) is 0 Å². The van der Waals surface area contributed by atoms with Crippen LogP contribution in [0, 0.1) is 5.92 Å². The van der Waals surface area contributed by atoms with Gasteiger partial charge < -0.3 is 15.2 Å². The van der Waals surface area contributed by atoms with E-state index in [-0.39, 0.29) is 12.6 Å². The molecule has 2 rings (SSSR count). The Bertz CT molecular complexity index is 322. The van der Waals surface area contributed by atoms with E-state index in [1.807, 2.05) is 24.3 Å². The summed E-state index contributed by atoms with van der Waals surface area (Å²) in [5.41, 5.74) is 1.04. The molecular weight excluding hydrogens is 270 g/mol. The monoisotopic (exact) mass is 285 g/mol. The van der Waals surface area contributed by atoms with Gasteiger partial charge in [0.2, 0.25) is 0 Å². The number of nitrogens with one attached hydrogen (secondary N) is 1. The van der Waals surface area contributed by atoms with Crippen molar-refractivity contribution >= 4 is 21.6 Å². The van der Waals surface area contributed by atoms with Crippen LogP contribution in [-0.4, -0.2) is 31.0 Å². The van der Waals surface area contributed by atoms with Crippen LogP contribution in [0.3, 0.4) is 0 Å². The molecule has 2 unspecified atom stereocenters. The summed E-state index contributed by atoms with van der Waals surface area (Å²) < 4.78 is 6.40. The average Bonchev–Trinajstić information content (AvgIpc) is 2.82. The van der Waals surface area contributed by atoms with E-state index in [0.717, 1.165) is 29.8 Å². The van der Waals surface area contributed by atoms with Crippen molar-refractivity contribution in [2.45, 2.75) is 12.5 Å². The summed E-state index contributed by atoms with van der Waals surface area (Å²) in [5, 5.41) is 12.7. The summed E-state index contributed by atoms with van der Waals surface area (Å²) in [4.78, 5) is 0. The van der Waals surface area contributed by atoms with Gasteiger partial charge >= 0.3 is 0 Å². The fourth-order valence-electron chi connectivity index (χ4n) is 1.94. The first-order chi connectivity index (χ1) is 7.79. The van der Waals surface area contributed by atoms with E-state index in [0.29, 0.717) is 5.92 Å². The largest absolute Gasteiger partial charge is 0.394 e. The molecule has 0 radical (unpaired) electrons. The van der Waals surface area contributed by atoms with E-state index in [1.54, 1.807) is 0 Å². The maximum atomic E-state index is 9.38. The Morgan fingerprint density at radius 1 is 1.44 bits per heavy atom. The van der Waals surface area contributed by atoms with Crippen LogP contribution in [0.25, 0.3) is 0 Å². The maximum absolute atomic E-state index is 9.38. The van der Waals surface area contributed by atoms with Crippen molar-refractivity contribution in [2.24, 2.45) is 5.92 Å². The Morgan fingerprint density at radius 2 is 2.19 bits per heavy atom. The molecule has 1 aromatic rings. The highest BCUT2D eigenvalue weighted by Crippen LogP contribution is 2.21. The molecule has 0 bridgehead atoms. The van der Waals surface area contributed by atoms with Crippen molar-refractivity contribution in [3.63, 3.8) is 0 Å². The lowest BCUT2D eigenvalue weighted by atomic mass is 9.99. The van der Waals surface area contributed by atoms with Gasteiger partial charge in [0.15, 0.2) is 0 Å². The van der Waals surface area contributed by atoms with Gasteiger partial charge in [0.1, 0.15) is 0 Å². The van der Waals surface area contributed by atoms with Crippen LogP contribution in [0.2, 0.25) is 0 Å². The average molecular weight is 286 g/mol. The van der Waals surface area contributed by atoms with Gasteiger partial charge in [0, 0.05) is 22.7 Å². The molecule has 0 aliphatic carbocycles. The second-order valence-corrected chi connectivity index (χ2v) is 4.98. The second kappa shape index (κ2) is 5.66. The van der Waals surface area contributed by atoms with Gasteiger partial charge in [-0.05, 0) is 30.7 Å². The Morgan fingerprint density at radius 3 is 2.75 bits per heavy atom. The molecule has 2 N–H and O–H groups in total. The zero-order valence-corrected chi connectivity index (χ0v) is 10.6. The molecule has 1 fully saturated rings. The van der Waals surface area contributed by atoms with Crippen LogP contribution >= 0.6 is 15.9 Å². The quantitative estimate of drug-likeness (QED) is 0.892. The van der Waals surface area contributed by atoms with Gasteiger partial charge in [0.25, 0.3) is 0 Å². The lowest BCUT2D eigenvalue weighted by Gasteiger charge is -2.22. The van der Waals surface area contributed by atoms with Crippen molar-refractivity contribution in [1.82, 2.24) is 0 Å². The van der Waals surface area contributed by atoms with E-state index >= 15 is 0 Å². The zero-order chi connectivity index (χ0) is 11.4. The fraction of sp³-hybridized carbons (Fsp3) is 0.500. The molecule has 1 aliphatic heterocycles. The second-order valence-electron chi connectivity index (χ2n) is 4.06. The standard InChI is InChI=1S/C12H16BrNO2/c13-10-1-3-11(4-2-10)14-12(7-15)9-5-6-16-8-9/h1-4,9,12,14-15H,5-8H2. The van der Waals surface area contributed by atoms with E-state index in [2.05, 4.69) is 21.2 Å². The highest BCUT2D eigenvalue weighted by atomic mass is 79.9. The van der Waals surface area contributed by atoms with Gasteiger partial charge in [0.05, 0.1) is 19.3 Å². The molecule has 1 saturated heterocycles. The van der Waals surface area contributed by atoms with E-state index in [4.69, 9.17) is 4.74 Å². The maximum Gasteiger partial charge on any atom is 0.0636 e. The van der Waals surface area contributed by atoms with Crippen LogP contribution < -0.4 is 5.32 Å². The summed E-state index contributed by atoms with van der Waals surface area (Å²) in [5.74, 6) is 0.411. The highest BCUT2D eigenvalue weighted by molar-refractivity contribution is 9.10. The molecule has 88 valence electrons. The predicted molar refractivity (Wildman–Crippen MR) is 67.6 cm³/mol. The lowest BCUT2D eigenvalue weighted by Crippen LogP contribution is -2.32. The molecule has 1 aliphatic rings. The van der Waals surface area contributed by atoms with Crippen LogP contribution in [0.4, 0.5) is 5.69 Å². The van der Waals surface area contributed by atoms with Gasteiger partial charge in [-0.15, -0.1) is 0 Å². The van der Waals surface area contributed by atoms with Crippen LogP contribution in [-0.2, 0) is 4.74 Å². The summed E-state index contributed by atoms with van der Waals surface area (Å²) in [6.07, 6.45) is 1.02. The first kappa shape index (κ1) is 11.9. The van der Waals surface area contributed by atoms with Crippen molar-refractivity contribution in [1.29, 1.82) is 0 Å². The summed E-state index contributed by atoms with van der Waals surface area (Å²) in [6, 6.07) is 8.07. The highest BCUT2D eigenvalue weighted by Gasteiger charge is 2.24. The predicted octanol–water partition coefficient (Wildman–Crippen LogP) is 2.26.